The van der Waals surface area contributed by atoms with Crippen molar-refractivity contribution in [1.29, 1.82) is 0 Å². The van der Waals surface area contributed by atoms with Gasteiger partial charge in [-0.25, -0.2) is 0 Å². The van der Waals surface area contributed by atoms with E-state index in [-0.39, 0.29) is 17.4 Å². The lowest BCUT2D eigenvalue weighted by Gasteiger charge is -2.53. The van der Waals surface area contributed by atoms with Gasteiger partial charge in [-0.2, -0.15) is 0 Å². The number of aliphatic hydroxyl groups excluding tert-OH is 1. The Kier molecular flexibility index (Phi) is 6.44. The van der Waals surface area contributed by atoms with E-state index >= 15 is 0 Å². The van der Waals surface area contributed by atoms with E-state index in [1.54, 1.807) is 6.92 Å². The number of benzene rings is 2. The first-order valence-corrected chi connectivity index (χ1v) is 13.7. The zero-order valence-electron chi connectivity index (χ0n) is 20.3. The molecule has 0 spiro atoms. The van der Waals surface area contributed by atoms with Gasteiger partial charge in [0.25, 0.3) is 8.32 Å². The molecule has 2 aromatic rings. The van der Waals surface area contributed by atoms with Crippen LogP contribution in [-0.2, 0) is 18.7 Å². The molecule has 2 aromatic carbocycles. The van der Waals surface area contributed by atoms with Crippen LogP contribution < -0.4 is 10.4 Å². The third kappa shape index (κ3) is 4.13. The van der Waals surface area contributed by atoms with Crippen molar-refractivity contribution in [2.24, 2.45) is 0 Å². The van der Waals surface area contributed by atoms with E-state index in [0.29, 0.717) is 6.61 Å². The Balaban J connectivity index is 1.75. The summed E-state index contributed by atoms with van der Waals surface area (Å²) in [6.45, 7) is 10.9. The first-order valence-electron chi connectivity index (χ1n) is 11.8. The molecule has 4 atom stereocenters. The van der Waals surface area contributed by atoms with Crippen molar-refractivity contribution in [1.82, 2.24) is 0 Å². The molecule has 33 heavy (non-hydrogen) atoms. The van der Waals surface area contributed by atoms with Crippen LogP contribution in [0.2, 0.25) is 5.04 Å². The van der Waals surface area contributed by atoms with Gasteiger partial charge in [0, 0.05) is 6.61 Å². The highest BCUT2D eigenvalue weighted by Crippen LogP contribution is 2.42. The summed E-state index contributed by atoms with van der Waals surface area (Å²) >= 11 is 0. The van der Waals surface area contributed by atoms with Crippen LogP contribution in [0.1, 0.15) is 47.5 Å². The van der Waals surface area contributed by atoms with Crippen LogP contribution >= 0.6 is 0 Å². The van der Waals surface area contributed by atoms with Crippen molar-refractivity contribution >= 4 is 24.5 Å². The smallest absolute Gasteiger partial charge is 0.261 e. The number of Topliss-reactive ketones (excluding diaryl/α,β-unsaturated/α-hetero) is 1. The normalized spacial score (nSPS) is 30.7. The number of hydrogen-bond acceptors (Lipinski definition) is 5. The van der Waals surface area contributed by atoms with Crippen molar-refractivity contribution in [3.63, 3.8) is 0 Å². The van der Waals surface area contributed by atoms with Gasteiger partial charge in [0.1, 0.15) is 17.8 Å². The van der Waals surface area contributed by atoms with Crippen molar-refractivity contribution in [2.75, 3.05) is 13.2 Å². The average Bonchev–Trinajstić information content (AvgIpc) is 2.78. The number of rotatable bonds is 5. The van der Waals surface area contributed by atoms with Gasteiger partial charge in [-0.05, 0) is 42.1 Å². The highest BCUT2D eigenvalue weighted by molar-refractivity contribution is 6.99. The lowest BCUT2D eigenvalue weighted by Crippen LogP contribution is -2.72. The number of ketones is 1. The quantitative estimate of drug-likeness (QED) is 0.683. The van der Waals surface area contributed by atoms with Crippen LogP contribution in [0.15, 0.2) is 60.7 Å². The molecule has 178 valence electrons. The van der Waals surface area contributed by atoms with Crippen molar-refractivity contribution in [3.8, 4) is 0 Å². The van der Waals surface area contributed by atoms with Crippen LogP contribution in [0.3, 0.4) is 0 Å². The van der Waals surface area contributed by atoms with Gasteiger partial charge >= 0.3 is 0 Å². The number of ether oxygens (including phenoxy) is 2. The summed E-state index contributed by atoms with van der Waals surface area (Å²) in [5, 5.41) is 13.0. The van der Waals surface area contributed by atoms with E-state index in [0.717, 1.165) is 23.2 Å². The Morgan fingerprint density at radius 1 is 1.03 bits per heavy atom. The molecule has 0 aliphatic carbocycles. The molecule has 5 nitrogen and oxygen atoms in total. The number of hydrogen-bond donors (Lipinski definition) is 1. The van der Waals surface area contributed by atoms with E-state index in [1.807, 2.05) is 43.3 Å². The number of aliphatic hydroxyl groups is 1. The van der Waals surface area contributed by atoms with Crippen molar-refractivity contribution < 1.29 is 23.8 Å². The van der Waals surface area contributed by atoms with Crippen LogP contribution in [0.25, 0.3) is 0 Å². The second kappa shape index (κ2) is 8.75. The molecule has 0 unspecified atom stereocenters. The summed E-state index contributed by atoms with van der Waals surface area (Å²) in [5.74, 6) is -0.371. The Morgan fingerprint density at radius 3 is 2.09 bits per heavy atom. The maximum Gasteiger partial charge on any atom is 0.261 e. The third-order valence-electron chi connectivity index (χ3n) is 7.23. The van der Waals surface area contributed by atoms with E-state index < -0.39 is 31.7 Å². The standard InChI is InChI=1S/C27H36O5Si/c1-25(2,3)33(20-13-8-6-9-14-20,21-15-10-7-11-16-21)31-19-27(5)23(29)22(28)24-26(4,32-27)17-12-18-30-24/h6-11,13-16,22,24,28H,12,17-19H2,1-5H3/t22-,24+,26-,27+/m0/s1. The Hall–Kier alpha value is -1.83. The summed E-state index contributed by atoms with van der Waals surface area (Å²) in [5.41, 5.74) is -1.99. The fourth-order valence-corrected chi connectivity index (χ4v) is 10.3. The fraction of sp³-hybridized carbons (Fsp3) is 0.519. The predicted molar refractivity (Wildman–Crippen MR) is 131 cm³/mol. The largest absolute Gasteiger partial charge is 0.404 e. The first kappa shape index (κ1) is 24.3. The summed E-state index contributed by atoms with van der Waals surface area (Å²) in [4.78, 5) is 13.4. The molecule has 2 aliphatic heterocycles. The van der Waals surface area contributed by atoms with Crippen LogP contribution in [0.4, 0.5) is 0 Å². The minimum atomic E-state index is -2.84. The Bertz CT molecular complexity index is 934. The zero-order chi connectivity index (χ0) is 23.9. The molecular weight excluding hydrogens is 432 g/mol. The first-order chi connectivity index (χ1) is 15.5. The summed E-state index contributed by atoms with van der Waals surface area (Å²) < 4.78 is 19.3. The molecule has 0 amide bonds. The van der Waals surface area contributed by atoms with Gasteiger partial charge in [-0.3, -0.25) is 4.79 Å². The molecule has 2 saturated heterocycles. The average molecular weight is 469 g/mol. The SMILES string of the molecule is CC(C)(C)[Si](OC[C@@]1(C)O[C@@]2(C)CCCO[C@@H]2[C@@H](O)C1=O)(c1ccccc1)c1ccccc1. The van der Waals surface area contributed by atoms with Crippen molar-refractivity contribution in [2.45, 2.75) is 75.9 Å². The molecule has 0 radical (unpaired) electrons. The minimum absolute atomic E-state index is 0.0679. The van der Waals surface area contributed by atoms with Gasteiger partial charge in [0.05, 0.1) is 12.2 Å². The van der Waals surface area contributed by atoms with Crippen molar-refractivity contribution in [3.05, 3.63) is 60.7 Å². The maximum absolute atomic E-state index is 13.4. The van der Waals surface area contributed by atoms with E-state index in [2.05, 4.69) is 45.0 Å². The van der Waals surface area contributed by atoms with E-state index in [1.165, 1.54) is 0 Å². The van der Waals surface area contributed by atoms with E-state index in [4.69, 9.17) is 13.9 Å². The monoisotopic (exact) mass is 468 g/mol. The topological polar surface area (TPSA) is 65.0 Å². The van der Waals surface area contributed by atoms with Gasteiger partial charge in [-0.15, -0.1) is 0 Å². The Labute approximate surface area is 198 Å². The molecule has 2 fully saturated rings. The second-order valence-corrected chi connectivity index (χ2v) is 15.1. The van der Waals surface area contributed by atoms with Crippen LogP contribution in [-0.4, -0.2) is 55.8 Å². The van der Waals surface area contributed by atoms with Crippen LogP contribution in [0.5, 0.6) is 0 Å². The lowest BCUT2D eigenvalue weighted by atomic mass is 9.78. The molecular formula is C27H36O5Si. The molecule has 0 bridgehead atoms. The highest BCUT2D eigenvalue weighted by Gasteiger charge is 2.60. The molecule has 2 aliphatic rings. The molecule has 1 N–H and O–H groups in total. The van der Waals surface area contributed by atoms with Gasteiger partial charge in [-0.1, -0.05) is 81.4 Å². The number of carbonyl (C=O) groups is 1. The lowest BCUT2D eigenvalue weighted by molar-refractivity contribution is -0.269. The minimum Gasteiger partial charge on any atom is -0.404 e. The third-order valence-corrected chi connectivity index (χ3v) is 12.2. The van der Waals surface area contributed by atoms with Gasteiger partial charge < -0.3 is 19.0 Å². The Morgan fingerprint density at radius 2 is 1.58 bits per heavy atom. The number of fused-ring (bicyclic) bond motifs is 1. The number of carbonyl (C=O) groups excluding carboxylic acids is 1. The molecule has 2 heterocycles. The highest BCUT2D eigenvalue weighted by atomic mass is 28.4. The predicted octanol–water partition coefficient (Wildman–Crippen LogP) is 3.22. The summed E-state index contributed by atoms with van der Waals surface area (Å²) in [7, 11) is -2.84. The summed E-state index contributed by atoms with van der Waals surface area (Å²) in [6.07, 6.45) is -0.299. The molecule has 6 heteroatoms. The maximum atomic E-state index is 13.4. The second-order valence-electron chi connectivity index (χ2n) is 10.8. The molecule has 4 rings (SSSR count). The van der Waals surface area contributed by atoms with Gasteiger partial charge in [0.2, 0.25) is 0 Å². The van der Waals surface area contributed by atoms with Gasteiger partial charge in [0.15, 0.2) is 5.78 Å². The fourth-order valence-electron chi connectivity index (χ4n) is 5.61. The molecule has 0 aromatic heterocycles. The summed E-state index contributed by atoms with van der Waals surface area (Å²) in [6, 6.07) is 20.6. The van der Waals surface area contributed by atoms with Crippen LogP contribution in [0, 0.1) is 0 Å². The molecule has 0 saturated carbocycles. The zero-order valence-corrected chi connectivity index (χ0v) is 21.3. The van der Waals surface area contributed by atoms with E-state index in [9.17, 15) is 9.90 Å².